The normalized spacial score (nSPS) is 10.6. The number of rotatable bonds is 5. The smallest absolute Gasteiger partial charge is 0.173 e. The summed E-state index contributed by atoms with van der Waals surface area (Å²) in [7, 11) is 3.04. The molecule has 0 aliphatic carbocycles. The van der Waals surface area contributed by atoms with E-state index in [1.54, 1.807) is 0 Å². The van der Waals surface area contributed by atoms with Gasteiger partial charge in [-0.2, -0.15) is 0 Å². The number of halogens is 1. The predicted octanol–water partition coefficient (Wildman–Crippen LogP) is 1.25. The van der Waals surface area contributed by atoms with Crippen molar-refractivity contribution in [1.29, 1.82) is 0 Å². The molecule has 0 saturated carbocycles. The number of methoxy groups -OCH3 is 2. The van der Waals surface area contributed by atoms with E-state index < -0.39 is 12.1 Å². The Bertz CT molecular complexity index is 279. The first-order valence-corrected chi connectivity index (χ1v) is 4.18. The molecule has 1 heterocycles. The van der Waals surface area contributed by atoms with E-state index in [1.807, 2.05) is 0 Å². The predicted molar refractivity (Wildman–Crippen MR) is 50.5 cm³/mol. The van der Waals surface area contributed by atoms with Crippen LogP contribution < -0.4 is 5.32 Å². The van der Waals surface area contributed by atoms with Gasteiger partial charge in [-0.1, -0.05) is 0 Å². The summed E-state index contributed by atoms with van der Waals surface area (Å²) < 4.78 is 22.9. The number of pyridine rings is 1. The molecular weight excluding hydrogens is 187 g/mol. The lowest BCUT2D eigenvalue weighted by Crippen LogP contribution is -2.24. The molecule has 0 saturated heterocycles. The van der Waals surface area contributed by atoms with Crippen molar-refractivity contribution in [2.75, 3.05) is 26.1 Å². The van der Waals surface area contributed by atoms with Crippen molar-refractivity contribution in [3.8, 4) is 0 Å². The molecule has 0 aliphatic rings. The van der Waals surface area contributed by atoms with Crippen molar-refractivity contribution in [2.24, 2.45) is 0 Å². The van der Waals surface area contributed by atoms with Crippen molar-refractivity contribution in [1.82, 2.24) is 4.98 Å². The topological polar surface area (TPSA) is 43.4 Å². The Morgan fingerprint density at radius 3 is 2.79 bits per heavy atom. The van der Waals surface area contributed by atoms with Crippen LogP contribution in [-0.2, 0) is 9.47 Å². The Balaban J connectivity index is 2.49. The molecular formula is C9H13FN2O2. The highest BCUT2D eigenvalue weighted by atomic mass is 19.1. The van der Waals surface area contributed by atoms with Gasteiger partial charge >= 0.3 is 0 Å². The van der Waals surface area contributed by atoms with Crippen molar-refractivity contribution >= 4 is 5.82 Å². The van der Waals surface area contributed by atoms with E-state index in [4.69, 9.17) is 9.47 Å². The number of nitrogens with zero attached hydrogens (tertiary/aromatic N) is 1. The average Bonchev–Trinajstić information content (AvgIpc) is 2.22. The maximum atomic E-state index is 13.0. The zero-order valence-corrected chi connectivity index (χ0v) is 8.16. The van der Waals surface area contributed by atoms with Crippen molar-refractivity contribution in [3.05, 3.63) is 24.1 Å². The van der Waals surface area contributed by atoms with E-state index in [2.05, 4.69) is 10.3 Å². The quantitative estimate of drug-likeness (QED) is 0.726. The maximum Gasteiger partial charge on any atom is 0.173 e. The molecule has 0 aliphatic heterocycles. The number of ether oxygens (including phenoxy) is 2. The number of nitrogens with one attached hydrogen (secondary N) is 1. The molecule has 1 N–H and O–H groups in total. The van der Waals surface area contributed by atoms with Crippen molar-refractivity contribution < 1.29 is 13.9 Å². The largest absolute Gasteiger partial charge is 0.363 e. The summed E-state index contributed by atoms with van der Waals surface area (Å²) in [5.74, 6) is -0.190. The Morgan fingerprint density at radius 2 is 2.21 bits per heavy atom. The van der Waals surface area contributed by atoms with Crippen LogP contribution >= 0.6 is 0 Å². The minimum absolute atomic E-state index is 0.201. The lowest BCUT2D eigenvalue weighted by atomic mass is 10.4. The van der Waals surface area contributed by atoms with Gasteiger partial charge in [0.1, 0.15) is 0 Å². The minimum atomic E-state index is -0.406. The first kappa shape index (κ1) is 10.9. The molecule has 1 aromatic heterocycles. The number of anilines is 1. The van der Waals surface area contributed by atoms with Crippen molar-refractivity contribution in [3.63, 3.8) is 0 Å². The summed E-state index contributed by atoms with van der Waals surface area (Å²) in [6, 6.07) is 2.87. The van der Waals surface area contributed by atoms with Crippen LogP contribution in [0.1, 0.15) is 0 Å². The Morgan fingerprint density at radius 1 is 1.50 bits per heavy atom. The fourth-order valence-electron chi connectivity index (χ4n) is 0.959. The molecule has 0 aromatic carbocycles. The lowest BCUT2D eigenvalue weighted by molar-refractivity contribution is -0.0914. The first-order chi connectivity index (χ1) is 6.77. The van der Waals surface area contributed by atoms with Gasteiger partial charge in [0.15, 0.2) is 17.9 Å². The summed E-state index contributed by atoms with van der Waals surface area (Å²) in [6.07, 6.45) is 1.11. The van der Waals surface area contributed by atoms with Gasteiger partial charge in [-0.3, -0.25) is 0 Å². The summed E-state index contributed by atoms with van der Waals surface area (Å²) in [5.41, 5.74) is 0. The summed E-state index contributed by atoms with van der Waals surface area (Å²) >= 11 is 0. The monoisotopic (exact) mass is 200 g/mol. The van der Waals surface area contributed by atoms with Crippen LogP contribution in [0.15, 0.2) is 18.3 Å². The van der Waals surface area contributed by atoms with Crippen molar-refractivity contribution in [2.45, 2.75) is 6.29 Å². The van der Waals surface area contributed by atoms with E-state index >= 15 is 0 Å². The minimum Gasteiger partial charge on any atom is -0.363 e. The SMILES string of the molecule is COC(CNc1ncccc1F)OC. The molecule has 5 heteroatoms. The molecule has 0 spiro atoms. The van der Waals surface area contributed by atoms with Crippen LogP contribution in [-0.4, -0.2) is 32.0 Å². The molecule has 0 bridgehead atoms. The van der Waals surface area contributed by atoms with Crippen LogP contribution in [0.5, 0.6) is 0 Å². The van der Waals surface area contributed by atoms with Crippen LogP contribution in [0, 0.1) is 5.82 Å². The third-order valence-corrected chi connectivity index (χ3v) is 1.72. The van der Waals surface area contributed by atoms with E-state index in [0.717, 1.165) is 0 Å². The Kier molecular flexibility index (Phi) is 4.28. The highest BCUT2D eigenvalue weighted by Crippen LogP contribution is 2.08. The van der Waals surface area contributed by atoms with Gasteiger partial charge in [-0.25, -0.2) is 9.37 Å². The van der Waals surface area contributed by atoms with Gasteiger partial charge in [-0.05, 0) is 12.1 Å². The number of hydrogen-bond acceptors (Lipinski definition) is 4. The fraction of sp³-hybridized carbons (Fsp3) is 0.444. The second-order valence-corrected chi connectivity index (χ2v) is 2.62. The van der Waals surface area contributed by atoms with E-state index in [-0.39, 0.29) is 5.82 Å². The summed E-state index contributed by atoms with van der Waals surface area (Å²) in [4.78, 5) is 3.82. The second-order valence-electron chi connectivity index (χ2n) is 2.62. The Hall–Kier alpha value is -1.20. The zero-order valence-electron chi connectivity index (χ0n) is 8.16. The van der Waals surface area contributed by atoms with Crippen LogP contribution in [0.3, 0.4) is 0 Å². The van der Waals surface area contributed by atoms with E-state index in [9.17, 15) is 4.39 Å². The van der Waals surface area contributed by atoms with Crippen LogP contribution in [0.4, 0.5) is 10.2 Å². The Labute approximate surface area is 82.1 Å². The van der Waals surface area contributed by atoms with Crippen LogP contribution in [0.2, 0.25) is 0 Å². The first-order valence-electron chi connectivity index (χ1n) is 4.18. The fourth-order valence-corrected chi connectivity index (χ4v) is 0.959. The van der Waals surface area contributed by atoms with E-state index in [1.165, 1.54) is 32.5 Å². The molecule has 78 valence electrons. The molecule has 0 amide bonds. The molecule has 0 atom stereocenters. The average molecular weight is 200 g/mol. The van der Waals surface area contributed by atoms with Gasteiger partial charge in [0.05, 0.1) is 6.54 Å². The lowest BCUT2D eigenvalue weighted by Gasteiger charge is -2.14. The standard InChI is InChI=1S/C9H13FN2O2/c1-13-8(14-2)6-12-9-7(10)4-3-5-11-9/h3-5,8H,6H2,1-2H3,(H,11,12). The zero-order chi connectivity index (χ0) is 10.4. The van der Waals surface area contributed by atoms with Gasteiger partial charge in [0.25, 0.3) is 0 Å². The number of hydrogen-bond donors (Lipinski definition) is 1. The summed E-state index contributed by atoms with van der Waals surface area (Å²) in [6.45, 7) is 0.348. The number of aromatic nitrogens is 1. The van der Waals surface area contributed by atoms with Gasteiger partial charge < -0.3 is 14.8 Å². The highest BCUT2D eigenvalue weighted by molar-refractivity contribution is 5.35. The molecule has 0 radical (unpaired) electrons. The molecule has 4 nitrogen and oxygen atoms in total. The molecule has 14 heavy (non-hydrogen) atoms. The maximum absolute atomic E-state index is 13.0. The molecule has 0 unspecified atom stereocenters. The third-order valence-electron chi connectivity index (χ3n) is 1.72. The summed E-state index contributed by atoms with van der Waals surface area (Å²) in [5, 5.41) is 2.78. The second kappa shape index (κ2) is 5.51. The highest BCUT2D eigenvalue weighted by Gasteiger charge is 2.06. The third kappa shape index (κ3) is 2.93. The van der Waals surface area contributed by atoms with Gasteiger partial charge in [0, 0.05) is 20.4 Å². The molecule has 1 rings (SSSR count). The van der Waals surface area contributed by atoms with Gasteiger partial charge in [-0.15, -0.1) is 0 Å². The van der Waals surface area contributed by atoms with E-state index in [0.29, 0.717) is 6.54 Å². The van der Waals surface area contributed by atoms with Gasteiger partial charge in [0.2, 0.25) is 0 Å². The van der Waals surface area contributed by atoms with Crippen LogP contribution in [0.25, 0.3) is 0 Å². The molecule has 1 aromatic rings. The molecule has 0 fully saturated rings.